The van der Waals surface area contributed by atoms with E-state index in [1.165, 1.54) is 23.1 Å². The Kier molecular flexibility index (Phi) is 4.34. The van der Waals surface area contributed by atoms with Crippen LogP contribution >= 0.6 is 0 Å². The number of hydrogen-bond acceptors (Lipinski definition) is 1. The fourth-order valence-electron chi connectivity index (χ4n) is 2.25. The van der Waals surface area contributed by atoms with Crippen molar-refractivity contribution in [3.8, 4) is 0 Å². The third kappa shape index (κ3) is 2.82. The minimum absolute atomic E-state index is 0.686. The number of hydrogen-bond donors (Lipinski definition) is 0. The number of rotatable bonds is 4. The van der Waals surface area contributed by atoms with Crippen LogP contribution in [0.2, 0.25) is 0 Å². The van der Waals surface area contributed by atoms with E-state index in [9.17, 15) is 0 Å². The van der Waals surface area contributed by atoms with Crippen LogP contribution in [0.25, 0.3) is 0 Å². The Morgan fingerprint density at radius 3 is 2.73 bits per heavy atom. The van der Waals surface area contributed by atoms with E-state index in [1.54, 1.807) is 0 Å². The van der Waals surface area contributed by atoms with Crippen LogP contribution < -0.4 is 0 Å². The molecule has 1 unspecified atom stereocenters. The lowest BCUT2D eigenvalue weighted by Crippen LogP contribution is -2.34. The van der Waals surface area contributed by atoms with E-state index in [0.717, 1.165) is 19.4 Å². The van der Waals surface area contributed by atoms with E-state index in [1.807, 2.05) is 6.08 Å². The molecule has 0 saturated carbocycles. The smallest absolute Gasteiger partial charge is 0.0136 e. The van der Waals surface area contributed by atoms with Crippen molar-refractivity contribution in [1.82, 2.24) is 4.90 Å². The van der Waals surface area contributed by atoms with Crippen LogP contribution in [0.1, 0.15) is 33.1 Å². The van der Waals surface area contributed by atoms with Crippen molar-refractivity contribution in [1.29, 1.82) is 0 Å². The van der Waals surface area contributed by atoms with E-state index in [-0.39, 0.29) is 0 Å². The average Bonchev–Trinajstić information content (AvgIpc) is 2.27. The molecule has 1 aliphatic rings. The summed E-state index contributed by atoms with van der Waals surface area (Å²) in [7, 11) is 2.21. The zero-order chi connectivity index (χ0) is 11.4. The molecule has 0 N–H and O–H groups in total. The molecule has 1 atom stereocenters. The lowest BCUT2D eigenvalue weighted by atomic mass is 9.84. The summed E-state index contributed by atoms with van der Waals surface area (Å²) >= 11 is 0. The van der Waals surface area contributed by atoms with E-state index in [4.69, 9.17) is 0 Å². The maximum absolute atomic E-state index is 4.07. The molecule has 0 radical (unpaired) electrons. The molecule has 1 aliphatic carbocycles. The summed E-state index contributed by atoms with van der Waals surface area (Å²) < 4.78 is 0. The molecule has 0 heterocycles. The standard InChI is InChI=1S/C14H23N/c1-6-12-8-9-13(15(5)7-2)10-14(12)11(3)4/h6,13H,1,3,7-10H2,2,4-5H3. The summed E-state index contributed by atoms with van der Waals surface area (Å²) in [6.45, 7) is 13.4. The van der Waals surface area contributed by atoms with Crippen LogP contribution in [0.3, 0.4) is 0 Å². The summed E-state index contributed by atoms with van der Waals surface area (Å²) in [6, 6.07) is 0.686. The molecule has 1 heteroatoms. The Morgan fingerprint density at radius 1 is 1.60 bits per heavy atom. The monoisotopic (exact) mass is 205 g/mol. The van der Waals surface area contributed by atoms with Gasteiger partial charge in [0.15, 0.2) is 0 Å². The van der Waals surface area contributed by atoms with Gasteiger partial charge in [-0.2, -0.15) is 0 Å². The van der Waals surface area contributed by atoms with Gasteiger partial charge in [-0.1, -0.05) is 31.7 Å². The van der Waals surface area contributed by atoms with Gasteiger partial charge in [-0.05, 0) is 50.9 Å². The Labute approximate surface area is 94.2 Å². The van der Waals surface area contributed by atoms with Gasteiger partial charge in [0.05, 0.1) is 0 Å². The van der Waals surface area contributed by atoms with Crippen molar-refractivity contribution >= 4 is 0 Å². The lowest BCUT2D eigenvalue weighted by Gasteiger charge is -2.32. The highest BCUT2D eigenvalue weighted by Crippen LogP contribution is 2.31. The Morgan fingerprint density at radius 2 is 2.27 bits per heavy atom. The van der Waals surface area contributed by atoms with Crippen molar-refractivity contribution in [3.63, 3.8) is 0 Å². The highest BCUT2D eigenvalue weighted by Gasteiger charge is 2.22. The molecular weight excluding hydrogens is 182 g/mol. The maximum atomic E-state index is 4.07. The summed E-state index contributed by atoms with van der Waals surface area (Å²) in [5.41, 5.74) is 4.05. The van der Waals surface area contributed by atoms with Crippen LogP contribution in [-0.4, -0.2) is 24.5 Å². The first-order valence-corrected chi connectivity index (χ1v) is 5.80. The van der Waals surface area contributed by atoms with E-state index < -0.39 is 0 Å². The summed E-state index contributed by atoms with van der Waals surface area (Å²) in [6.07, 6.45) is 5.55. The number of nitrogens with zero attached hydrogens (tertiary/aromatic N) is 1. The zero-order valence-electron chi connectivity index (χ0n) is 10.3. The molecule has 0 fully saturated rings. The Balaban J connectivity index is 2.83. The van der Waals surface area contributed by atoms with Gasteiger partial charge < -0.3 is 4.90 Å². The first-order valence-electron chi connectivity index (χ1n) is 5.80. The first-order chi connectivity index (χ1) is 7.10. The first kappa shape index (κ1) is 12.3. The SMILES string of the molecule is C=CC1=C(C(=C)C)CC(N(C)CC)CC1. The van der Waals surface area contributed by atoms with Crippen molar-refractivity contribution < 1.29 is 0 Å². The van der Waals surface area contributed by atoms with Crippen LogP contribution in [0, 0.1) is 0 Å². The van der Waals surface area contributed by atoms with Gasteiger partial charge in [-0.25, -0.2) is 0 Å². The molecule has 0 aromatic carbocycles. The second kappa shape index (κ2) is 5.32. The Bertz CT molecular complexity index is 286. The van der Waals surface area contributed by atoms with Gasteiger partial charge in [-0.3, -0.25) is 0 Å². The highest BCUT2D eigenvalue weighted by atomic mass is 15.1. The summed E-state index contributed by atoms with van der Waals surface area (Å²) in [5, 5.41) is 0. The molecule has 0 spiro atoms. The van der Waals surface area contributed by atoms with Crippen LogP contribution in [-0.2, 0) is 0 Å². The predicted molar refractivity (Wildman–Crippen MR) is 68.0 cm³/mol. The predicted octanol–water partition coefficient (Wildman–Crippen LogP) is 3.55. The van der Waals surface area contributed by atoms with Gasteiger partial charge >= 0.3 is 0 Å². The van der Waals surface area contributed by atoms with Gasteiger partial charge in [0.25, 0.3) is 0 Å². The fourth-order valence-corrected chi connectivity index (χ4v) is 2.25. The molecule has 0 amide bonds. The molecule has 0 aliphatic heterocycles. The zero-order valence-corrected chi connectivity index (χ0v) is 10.3. The van der Waals surface area contributed by atoms with Gasteiger partial charge in [-0.15, -0.1) is 0 Å². The quantitative estimate of drug-likeness (QED) is 0.678. The molecule has 0 bridgehead atoms. The molecule has 15 heavy (non-hydrogen) atoms. The van der Waals surface area contributed by atoms with Crippen molar-refractivity contribution in [2.75, 3.05) is 13.6 Å². The molecule has 1 nitrogen and oxygen atoms in total. The van der Waals surface area contributed by atoms with Crippen molar-refractivity contribution in [2.24, 2.45) is 0 Å². The Hall–Kier alpha value is -0.820. The van der Waals surface area contributed by atoms with Crippen molar-refractivity contribution in [2.45, 2.75) is 39.2 Å². The number of allylic oxidation sites excluding steroid dienone is 3. The largest absolute Gasteiger partial charge is 0.303 e. The highest BCUT2D eigenvalue weighted by molar-refractivity contribution is 5.39. The van der Waals surface area contributed by atoms with Crippen LogP contribution in [0.5, 0.6) is 0 Å². The van der Waals surface area contributed by atoms with Gasteiger partial charge in [0, 0.05) is 6.04 Å². The molecule has 0 aromatic heterocycles. The average molecular weight is 205 g/mol. The van der Waals surface area contributed by atoms with E-state index in [2.05, 4.69) is 39.0 Å². The van der Waals surface area contributed by atoms with Crippen LogP contribution in [0.4, 0.5) is 0 Å². The summed E-state index contributed by atoms with van der Waals surface area (Å²) in [4.78, 5) is 2.43. The minimum Gasteiger partial charge on any atom is -0.303 e. The second-order valence-electron chi connectivity index (χ2n) is 4.46. The fraction of sp³-hybridized carbons (Fsp3) is 0.571. The third-order valence-corrected chi connectivity index (χ3v) is 3.46. The molecule has 1 rings (SSSR count). The normalized spacial score (nSPS) is 22.0. The van der Waals surface area contributed by atoms with Crippen molar-refractivity contribution in [3.05, 3.63) is 36.0 Å². The molecule has 0 aromatic rings. The molecular formula is C14H23N. The van der Waals surface area contributed by atoms with E-state index >= 15 is 0 Å². The third-order valence-electron chi connectivity index (χ3n) is 3.46. The maximum Gasteiger partial charge on any atom is 0.0136 e. The van der Waals surface area contributed by atoms with E-state index in [0.29, 0.717) is 6.04 Å². The summed E-state index contributed by atoms with van der Waals surface area (Å²) in [5.74, 6) is 0. The second-order valence-corrected chi connectivity index (χ2v) is 4.46. The molecule has 84 valence electrons. The van der Waals surface area contributed by atoms with Gasteiger partial charge in [0.2, 0.25) is 0 Å². The lowest BCUT2D eigenvalue weighted by molar-refractivity contribution is 0.234. The topological polar surface area (TPSA) is 3.24 Å². The minimum atomic E-state index is 0.686. The molecule has 0 saturated heterocycles. The van der Waals surface area contributed by atoms with Crippen LogP contribution in [0.15, 0.2) is 36.0 Å². The van der Waals surface area contributed by atoms with Gasteiger partial charge in [0.1, 0.15) is 0 Å².